The zero-order valence-electron chi connectivity index (χ0n) is 22.2. The molecule has 0 bridgehead atoms. The normalized spacial score (nSPS) is 14.0. The van der Waals surface area contributed by atoms with Crippen LogP contribution in [0.4, 0.5) is 11.5 Å². The van der Waals surface area contributed by atoms with Gasteiger partial charge in [-0.15, -0.1) is 0 Å². The van der Waals surface area contributed by atoms with Gasteiger partial charge in [0.1, 0.15) is 12.1 Å². The van der Waals surface area contributed by atoms with E-state index in [0.29, 0.717) is 15.6 Å². The number of anilines is 2. The van der Waals surface area contributed by atoms with Gasteiger partial charge in [-0.1, -0.05) is 59.6 Å². The predicted molar refractivity (Wildman–Crippen MR) is 166 cm³/mol. The first-order valence-corrected chi connectivity index (χ1v) is 14.3. The van der Waals surface area contributed by atoms with Crippen LogP contribution in [-0.4, -0.2) is 40.2 Å². The van der Waals surface area contributed by atoms with Gasteiger partial charge in [0.05, 0.1) is 11.1 Å². The second-order valence-electron chi connectivity index (χ2n) is 10.3. The molecule has 0 amide bonds. The number of benzene rings is 4. The van der Waals surface area contributed by atoms with Crippen molar-refractivity contribution >= 4 is 51.6 Å². The number of aromatic carboxylic acids is 1. The molecule has 206 valence electrons. The highest BCUT2D eigenvalue weighted by Crippen LogP contribution is 2.36. The summed E-state index contributed by atoms with van der Waals surface area (Å²) in [5.74, 6) is -0.117. The summed E-state index contributed by atoms with van der Waals surface area (Å²) in [6.45, 7) is 1.65. The highest BCUT2D eigenvalue weighted by Gasteiger charge is 2.22. The maximum Gasteiger partial charge on any atom is 0.335 e. The number of hydrogen-bond acceptors (Lipinski definition) is 5. The molecule has 41 heavy (non-hydrogen) atoms. The Morgan fingerprint density at radius 2 is 1.46 bits per heavy atom. The fourth-order valence-corrected chi connectivity index (χ4v) is 5.82. The zero-order chi connectivity index (χ0) is 28.3. The number of piperidine rings is 1. The molecule has 0 saturated carbocycles. The fraction of sp³-hybridized carbons (Fsp3) is 0.182. The zero-order valence-corrected chi connectivity index (χ0v) is 23.7. The Balaban J connectivity index is 1.27. The van der Waals surface area contributed by atoms with E-state index in [0.717, 1.165) is 65.0 Å². The van der Waals surface area contributed by atoms with E-state index in [-0.39, 0.29) is 12.0 Å². The molecule has 6 nitrogen and oxygen atoms in total. The van der Waals surface area contributed by atoms with Crippen LogP contribution in [0, 0.1) is 0 Å². The van der Waals surface area contributed by atoms with E-state index in [4.69, 9.17) is 23.2 Å². The number of carboxylic acid groups (broad SMARTS) is 1. The second kappa shape index (κ2) is 11.8. The van der Waals surface area contributed by atoms with Crippen LogP contribution in [-0.2, 0) is 0 Å². The maximum atomic E-state index is 11.4. The molecule has 0 atom stereocenters. The highest BCUT2D eigenvalue weighted by atomic mass is 35.5. The summed E-state index contributed by atoms with van der Waals surface area (Å²) < 4.78 is 0. The third-order valence-electron chi connectivity index (χ3n) is 7.69. The van der Waals surface area contributed by atoms with Gasteiger partial charge in [-0.2, -0.15) is 0 Å². The Morgan fingerprint density at radius 1 is 0.829 bits per heavy atom. The number of halogens is 2. The molecule has 4 aromatic carbocycles. The summed E-state index contributed by atoms with van der Waals surface area (Å²) in [4.78, 5) is 22.8. The quantitative estimate of drug-likeness (QED) is 0.190. The Kier molecular flexibility index (Phi) is 7.77. The molecule has 5 aromatic rings. The molecule has 1 fully saturated rings. The summed E-state index contributed by atoms with van der Waals surface area (Å²) in [5.41, 5.74) is 5.49. The van der Waals surface area contributed by atoms with E-state index in [1.807, 2.05) is 30.3 Å². The average molecular weight is 584 g/mol. The van der Waals surface area contributed by atoms with Crippen LogP contribution in [0.1, 0.15) is 45.8 Å². The van der Waals surface area contributed by atoms with Gasteiger partial charge in [0.15, 0.2) is 0 Å². The fourth-order valence-electron chi connectivity index (χ4n) is 5.57. The summed E-state index contributed by atoms with van der Waals surface area (Å²) >= 11 is 12.4. The molecule has 0 radical (unpaired) electrons. The van der Waals surface area contributed by atoms with Crippen molar-refractivity contribution in [2.45, 2.75) is 24.8 Å². The molecule has 2 N–H and O–H groups in total. The molecule has 0 unspecified atom stereocenters. The minimum absolute atomic E-state index is 0.0215. The molecule has 1 aromatic heterocycles. The lowest BCUT2D eigenvalue weighted by atomic mass is 9.84. The van der Waals surface area contributed by atoms with E-state index in [9.17, 15) is 9.90 Å². The Hall–Kier alpha value is -4.13. The predicted octanol–water partition coefficient (Wildman–Crippen LogP) is 7.90. The highest BCUT2D eigenvalue weighted by molar-refractivity contribution is 6.30. The van der Waals surface area contributed by atoms with Crippen LogP contribution in [0.5, 0.6) is 0 Å². The van der Waals surface area contributed by atoms with Crippen molar-refractivity contribution < 1.29 is 9.90 Å². The maximum absolute atomic E-state index is 11.4. The van der Waals surface area contributed by atoms with Crippen molar-refractivity contribution in [1.82, 2.24) is 9.97 Å². The number of fused-ring (bicyclic) bond motifs is 1. The molecule has 2 heterocycles. The van der Waals surface area contributed by atoms with Crippen LogP contribution in [0.25, 0.3) is 10.9 Å². The average Bonchev–Trinajstić information content (AvgIpc) is 3.00. The van der Waals surface area contributed by atoms with Gasteiger partial charge in [-0.25, -0.2) is 14.8 Å². The van der Waals surface area contributed by atoms with Crippen molar-refractivity contribution in [3.8, 4) is 0 Å². The molecule has 1 aliphatic rings. The molecule has 0 spiro atoms. The third-order valence-corrected chi connectivity index (χ3v) is 8.20. The summed E-state index contributed by atoms with van der Waals surface area (Å²) in [5, 5.41) is 15.4. The monoisotopic (exact) mass is 582 g/mol. The van der Waals surface area contributed by atoms with Crippen molar-refractivity contribution in [2.24, 2.45) is 0 Å². The van der Waals surface area contributed by atoms with Gasteiger partial charge in [0.2, 0.25) is 0 Å². The largest absolute Gasteiger partial charge is 0.478 e. The van der Waals surface area contributed by atoms with E-state index < -0.39 is 5.97 Å². The number of nitrogens with zero attached hydrogens (tertiary/aromatic N) is 3. The molecule has 1 saturated heterocycles. The topological polar surface area (TPSA) is 78.4 Å². The van der Waals surface area contributed by atoms with Crippen molar-refractivity contribution in [2.75, 3.05) is 23.3 Å². The van der Waals surface area contributed by atoms with Crippen LogP contribution in [0.3, 0.4) is 0 Å². The van der Waals surface area contributed by atoms with Crippen LogP contribution in [0.2, 0.25) is 10.0 Å². The lowest BCUT2D eigenvalue weighted by Gasteiger charge is -2.34. The van der Waals surface area contributed by atoms with E-state index in [1.165, 1.54) is 0 Å². The molecular formula is C33H28Cl2N4O2. The first-order valence-electron chi connectivity index (χ1n) is 13.5. The second-order valence-corrected chi connectivity index (χ2v) is 11.2. The van der Waals surface area contributed by atoms with Crippen LogP contribution in [0.15, 0.2) is 97.3 Å². The third kappa shape index (κ3) is 5.99. The summed E-state index contributed by atoms with van der Waals surface area (Å²) in [6, 6.07) is 29.6. The van der Waals surface area contributed by atoms with Gasteiger partial charge in [-0.05, 0) is 84.1 Å². The van der Waals surface area contributed by atoms with Gasteiger partial charge in [0, 0.05) is 46.2 Å². The number of aromatic nitrogens is 2. The number of hydrogen-bond donors (Lipinski definition) is 2. The van der Waals surface area contributed by atoms with Crippen molar-refractivity contribution in [1.29, 1.82) is 0 Å². The molecule has 6 rings (SSSR count). The summed E-state index contributed by atoms with van der Waals surface area (Å²) in [6.07, 6.45) is 3.41. The number of carboxylic acids is 1. The molecule has 0 aliphatic carbocycles. The Morgan fingerprint density at radius 3 is 2.10 bits per heavy atom. The van der Waals surface area contributed by atoms with Gasteiger partial charge >= 0.3 is 5.97 Å². The smallest absolute Gasteiger partial charge is 0.335 e. The Bertz CT molecular complexity index is 1640. The summed E-state index contributed by atoms with van der Waals surface area (Å²) in [7, 11) is 0. The standard InChI is InChI=1S/C33H28Cl2N4O2/c34-25-9-4-21(5-10-25)31(22-6-11-26(35)12-7-22)23-8-13-30-29(19-23)32(37-20-36-30)38-27-14-16-39(17-15-27)28-3-1-2-24(18-28)33(40)41/h1-13,18-20,27,31H,14-17H2,(H,40,41)(H,36,37,38). The van der Waals surface area contributed by atoms with E-state index in [2.05, 4.69) is 62.6 Å². The minimum atomic E-state index is -0.909. The van der Waals surface area contributed by atoms with Gasteiger partial charge in [-0.3, -0.25) is 0 Å². The first-order chi connectivity index (χ1) is 19.9. The molecule has 8 heteroatoms. The van der Waals surface area contributed by atoms with Crippen LogP contribution >= 0.6 is 23.2 Å². The first kappa shape index (κ1) is 27.1. The van der Waals surface area contributed by atoms with Crippen LogP contribution < -0.4 is 10.2 Å². The lowest BCUT2D eigenvalue weighted by molar-refractivity contribution is 0.0697. The molecule has 1 aliphatic heterocycles. The Labute approximate surface area is 248 Å². The number of nitrogens with one attached hydrogen (secondary N) is 1. The SMILES string of the molecule is O=C(O)c1cccc(N2CCC(Nc3ncnc4ccc(C(c5ccc(Cl)cc5)c5ccc(Cl)cc5)cc34)CC2)c1. The van der Waals surface area contributed by atoms with Gasteiger partial charge < -0.3 is 15.3 Å². The van der Waals surface area contributed by atoms with Crippen molar-refractivity contribution in [3.63, 3.8) is 0 Å². The number of carbonyl (C=O) groups is 1. The molecular weight excluding hydrogens is 555 g/mol. The van der Waals surface area contributed by atoms with E-state index in [1.54, 1.807) is 24.5 Å². The van der Waals surface area contributed by atoms with Crippen molar-refractivity contribution in [3.05, 3.63) is 130 Å². The van der Waals surface area contributed by atoms with Gasteiger partial charge in [0.25, 0.3) is 0 Å². The minimum Gasteiger partial charge on any atom is -0.478 e. The number of rotatable bonds is 7. The van der Waals surface area contributed by atoms with E-state index >= 15 is 0 Å². The lowest BCUT2D eigenvalue weighted by Crippen LogP contribution is -2.39.